The van der Waals surface area contributed by atoms with Crippen molar-refractivity contribution < 1.29 is 0 Å². The van der Waals surface area contributed by atoms with E-state index < -0.39 is 0 Å². The van der Waals surface area contributed by atoms with Gasteiger partial charge in [0.25, 0.3) is 0 Å². The molecule has 4 rings (SSSR count). The molecule has 23 heavy (non-hydrogen) atoms. The number of hydrogen-bond acceptors (Lipinski definition) is 2. The molecule has 4 atom stereocenters. The van der Waals surface area contributed by atoms with Gasteiger partial charge in [-0.3, -0.25) is 0 Å². The van der Waals surface area contributed by atoms with E-state index in [9.17, 15) is 0 Å². The van der Waals surface area contributed by atoms with Crippen molar-refractivity contribution in [1.29, 1.82) is 0 Å². The Bertz CT molecular complexity index is 522. The zero-order valence-electron chi connectivity index (χ0n) is 15.4. The highest BCUT2D eigenvalue weighted by Gasteiger charge is 2.55. The van der Waals surface area contributed by atoms with Crippen LogP contribution in [0.2, 0.25) is 0 Å². The fourth-order valence-electron chi connectivity index (χ4n) is 5.00. The van der Waals surface area contributed by atoms with Gasteiger partial charge in [0.1, 0.15) is 0 Å². The summed E-state index contributed by atoms with van der Waals surface area (Å²) in [6, 6.07) is 9.44. The van der Waals surface area contributed by atoms with Gasteiger partial charge in [0.15, 0.2) is 0 Å². The van der Waals surface area contributed by atoms with Crippen LogP contribution in [0.25, 0.3) is 0 Å². The summed E-state index contributed by atoms with van der Waals surface area (Å²) >= 11 is 0. The van der Waals surface area contributed by atoms with Crippen LogP contribution in [-0.2, 0) is 6.42 Å². The summed E-state index contributed by atoms with van der Waals surface area (Å²) < 4.78 is 0. The Hall–Kier alpha value is -0.860. The Kier molecular flexibility index (Phi) is 5.13. The minimum Gasteiger partial charge on any atom is -0.315 e. The van der Waals surface area contributed by atoms with Crippen molar-refractivity contribution in [3.05, 3.63) is 35.4 Å². The molecule has 0 amide bonds. The van der Waals surface area contributed by atoms with Crippen molar-refractivity contribution in [3.8, 4) is 0 Å². The Morgan fingerprint density at radius 1 is 1.09 bits per heavy atom. The van der Waals surface area contributed by atoms with Crippen LogP contribution in [0.15, 0.2) is 24.3 Å². The van der Waals surface area contributed by atoms with Gasteiger partial charge in [-0.15, -0.1) is 0 Å². The first-order valence-corrected chi connectivity index (χ1v) is 9.48. The predicted molar refractivity (Wildman–Crippen MR) is 98.7 cm³/mol. The Balaban J connectivity index is 1.31. The summed E-state index contributed by atoms with van der Waals surface area (Å²) in [5, 5.41) is 7.41. The Labute approximate surface area is 142 Å². The van der Waals surface area contributed by atoms with Crippen molar-refractivity contribution in [1.82, 2.24) is 10.6 Å². The molecular formula is C21H34N2. The van der Waals surface area contributed by atoms with Gasteiger partial charge in [0.2, 0.25) is 0 Å². The summed E-state index contributed by atoms with van der Waals surface area (Å²) in [4.78, 5) is 0. The molecule has 2 bridgehead atoms. The number of rotatable bonds is 7. The van der Waals surface area contributed by atoms with Gasteiger partial charge in [-0.05, 0) is 67.0 Å². The molecular weight excluding hydrogens is 280 g/mol. The van der Waals surface area contributed by atoms with Gasteiger partial charge >= 0.3 is 0 Å². The van der Waals surface area contributed by atoms with Crippen LogP contribution < -0.4 is 10.6 Å². The molecule has 1 aromatic rings. The second-order valence-electron chi connectivity index (χ2n) is 8.44. The van der Waals surface area contributed by atoms with E-state index in [0.717, 1.165) is 49.9 Å². The van der Waals surface area contributed by atoms with Crippen LogP contribution in [0.5, 0.6) is 0 Å². The molecule has 0 spiro atoms. The largest absolute Gasteiger partial charge is 0.315 e. The molecule has 0 saturated heterocycles. The minimum absolute atomic E-state index is 0.601. The van der Waals surface area contributed by atoms with Gasteiger partial charge in [-0.1, -0.05) is 45.0 Å². The molecule has 0 aliphatic heterocycles. The first-order chi connectivity index (χ1) is 11.0. The minimum atomic E-state index is 0.601. The highest BCUT2D eigenvalue weighted by molar-refractivity contribution is 5.25. The van der Waals surface area contributed by atoms with Crippen LogP contribution >= 0.6 is 0 Å². The highest BCUT2D eigenvalue weighted by Crippen LogP contribution is 2.61. The van der Waals surface area contributed by atoms with Crippen molar-refractivity contribution in [2.75, 3.05) is 19.6 Å². The van der Waals surface area contributed by atoms with Crippen LogP contribution in [0.1, 0.15) is 44.7 Å². The smallest absolute Gasteiger partial charge is 0.00989 e. The van der Waals surface area contributed by atoms with Crippen molar-refractivity contribution in [3.63, 3.8) is 0 Å². The lowest BCUT2D eigenvalue weighted by Crippen LogP contribution is -2.60. The lowest BCUT2D eigenvalue weighted by Gasteiger charge is -2.62. The zero-order chi connectivity index (χ0) is 16.4. The number of nitrogens with one attached hydrogen (secondary N) is 2. The fraction of sp³-hybridized carbons (Fsp3) is 0.714. The second-order valence-corrected chi connectivity index (χ2v) is 8.44. The summed E-state index contributed by atoms with van der Waals surface area (Å²) in [6.45, 7) is 12.9. The SMILES string of the molecule is Cc1ccccc1CCNCCN[C@@H]1C[C@@H]2C[C@H]([C@H]1C)C2(C)C. The van der Waals surface area contributed by atoms with E-state index in [1.54, 1.807) is 0 Å². The van der Waals surface area contributed by atoms with E-state index in [1.165, 1.54) is 24.0 Å². The molecule has 3 saturated carbocycles. The summed E-state index contributed by atoms with van der Waals surface area (Å²) in [6.07, 6.45) is 3.99. The number of aryl methyl sites for hydroxylation is 1. The quantitative estimate of drug-likeness (QED) is 0.748. The molecule has 3 fully saturated rings. The fourth-order valence-corrected chi connectivity index (χ4v) is 5.00. The van der Waals surface area contributed by atoms with Crippen LogP contribution in [0, 0.1) is 30.1 Å². The molecule has 0 unspecified atom stereocenters. The standard InChI is InChI=1S/C21H34N2/c1-15-7-5-6-8-17(15)9-10-22-11-12-23-20-14-18-13-19(16(20)2)21(18,3)4/h5-8,16,18-20,22-23H,9-14H2,1-4H3/t16-,18+,19-,20-/m1/s1. The summed E-state index contributed by atoms with van der Waals surface area (Å²) in [7, 11) is 0. The first kappa shape index (κ1) is 17.0. The van der Waals surface area contributed by atoms with Gasteiger partial charge in [-0.2, -0.15) is 0 Å². The Morgan fingerprint density at radius 2 is 1.87 bits per heavy atom. The van der Waals surface area contributed by atoms with E-state index in [-0.39, 0.29) is 0 Å². The third kappa shape index (κ3) is 3.49. The average molecular weight is 315 g/mol. The Morgan fingerprint density at radius 3 is 2.57 bits per heavy atom. The maximum atomic E-state index is 3.82. The number of hydrogen-bond donors (Lipinski definition) is 2. The molecule has 1 aromatic carbocycles. The normalized spacial score (nSPS) is 31.7. The van der Waals surface area contributed by atoms with Crippen LogP contribution in [0.3, 0.4) is 0 Å². The monoisotopic (exact) mass is 314 g/mol. The molecule has 0 radical (unpaired) electrons. The first-order valence-electron chi connectivity index (χ1n) is 9.48. The van der Waals surface area contributed by atoms with Gasteiger partial charge in [0.05, 0.1) is 0 Å². The number of benzene rings is 1. The third-order valence-electron chi connectivity index (χ3n) is 6.89. The van der Waals surface area contributed by atoms with Gasteiger partial charge < -0.3 is 10.6 Å². The van der Waals surface area contributed by atoms with E-state index in [0.29, 0.717) is 5.41 Å². The molecule has 0 aromatic heterocycles. The molecule has 3 aliphatic rings. The molecule has 2 heteroatoms. The van der Waals surface area contributed by atoms with Crippen molar-refractivity contribution >= 4 is 0 Å². The van der Waals surface area contributed by atoms with Gasteiger partial charge in [-0.25, -0.2) is 0 Å². The van der Waals surface area contributed by atoms with E-state index in [2.05, 4.69) is 62.6 Å². The maximum absolute atomic E-state index is 3.82. The predicted octanol–water partition coefficient (Wildman–Crippen LogP) is 3.79. The van der Waals surface area contributed by atoms with E-state index >= 15 is 0 Å². The van der Waals surface area contributed by atoms with E-state index in [4.69, 9.17) is 0 Å². The average Bonchev–Trinajstić information content (AvgIpc) is 2.53. The molecule has 2 nitrogen and oxygen atoms in total. The lowest BCUT2D eigenvalue weighted by atomic mass is 9.45. The lowest BCUT2D eigenvalue weighted by molar-refractivity contribution is -0.114. The van der Waals surface area contributed by atoms with Crippen LogP contribution in [-0.4, -0.2) is 25.7 Å². The van der Waals surface area contributed by atoms with Gasteiger partial charge in [0, 0.05) is 19.1 Å². The third-order valence-corrected chi connectivity index (χ3v) is 6.89. The highest BCUT2D eigenvalue weighted by atomic mass is 15.0. The van der Waals surface area contributed by atoms with Crippen molar-refractivity contribution in [2.45, 2.75) is 53.0 Å². The molecule has 128 valence electrons. The summed E-state index contributed by atoms with van der Waals surface area (Å²) in [5.74, 6) is 2.73. The maximum Gasteiger partial charge on any atom is 0.00989 e. The molecule has 2 N–H and O–H groups in total. The molecule has 0 heterocycles. The summed E-state index contributed by atoms with van der Waals surface area (Å²) in [5.41, 5.74) is 3.48. The topological polar surface area (TPSA) is 24.1 Å². The van der Waals surface area contributed by atoms with Crippen molar-refractivity contribution in [2.24, 2.45) is 23.2 Å². The second kappa shape index (κ2) is 6.94. The zero-order valence-corrected chi connectivity index (χ0v) is 15.4. The molecule has 3 aliphatic carbocycles. The van der Waals surface area contributed by atoms with Crippen LogP contribution in [0.4, 0.5) is 0 Å². The van der Waals surface area contributed by atoms with E-state index in [1.807, 2.05) is 0 Å². The number of fused-ring (bicyclic) bond motifs is 2.